The van der Waals surface area contributed by atoms with Gasteiger partial charge in [-0.3, -0.25) is 4.98 Å². The number of benzene rings is 1. The van der Waals surface area contributed by atoms with E-state index < -0.39 is 0 Å². The standard InChI is InChI=1S/C13H12BrIN2/c1-8-4-9(7-17-6-8)13(16)11-5-10(15)2-3-12(11)14/h2-7,13H,16H2,1H3. The Hall–Kier alpha value is -0.460. The van der Waals surface area contributed by atoms with Gasteiger partial charge in [0.1, 0.15) is 0 Å². The summed E-state index contributed by atoms with van der Waals surface area (Å²) >= 11 is 5.83. The monoisotopic (exact) mass is 402 g/mol. The van der Waals surface area contributed by atoms with Crippen molar-refractivity contribution in [1.82, 2.24) is 4.98 Å². The van der Waals surface area contributed by atoms with Crippen LogP contribution in [0.25, 0.3) is 0 Å². The highest BCUT2D eigenvalue weighted by Gasteiger charge is 2.13. The van der Waals surface area contributed by atoms with Gasteiger partial charge in [-0.1, -0.05) is 22.0 Å². The van der Waals surface area contributed by atoms with Gasteiger partial charge in [-0.2, -0.15) is 0 Å². The van der Waals surface area contributed by atoms with Crippen LogP contribution in [-0.4, -0.2) is 4.98 Å². The molecule has 1 unspecified atom stereocenters. The first-order chi connectivity index (χ1) is 8.08. The highest BCUT2D eigenvalue weighted by Crippen LogP contribution is 2.28. The second-order valence-corrected chi connectivity index (χ2v) is 6.04. The maximum absolute atomic E-state index is 6.28. The summed E-state index contributed by atoms with van der Waals surface area (Å²) in [4.78, 5) is 4.19. The van der Waals surface area contributed by atoms with E-state index in [9.17, 15) is 0 Å². The minimum atomic E-state index is -0.147. The Labute approximate surface area is 123 Å². The maximum Gasteiger partial charge on any atom is 0.0578 e. The molecule has 2 rings (SSSR count). The van der Waals surface area contributed by atoms with Crippen LogP contribution in [0, 0.1) is 10.5 Å². The predicted molar refractivity (Wildman–Crippen MR) is 81.9 cm³/mol. The van der Waals surface area contributed by atoms with Gasteiger partial charge in [0.2, 0.25) is 0 Å². The molecule has 0 spiro atoms. The predicted octanol–water partition coefficient (Wildman–Crippen LogP) is 3.81. The average Bonchev–Trinajstić information content (AvgIpc) is 2.31. The zero-order valence-corrected chi connectivity index (χ0v) is 13.1. The first-order valence-corrected chi connectivity index (χ1v) is 7.07. The molecule has 1 heterocycles. The molecular weight excluding hydrogens is 391 g/mol. The van der Waals surface area contributed by atoms with Crippen molar-refractivity contribution in [2.45, 2.75) is 13.0 Å². The molecule has 1 aromatic carbocycles. The molecule has 0 aliphatic heterocycles. The lowest BCUT2D eigenvalue weighted by atomic mass is 10.0. The molecule has 0 amide bonds. The Morgan fingerprint density at radius 1 is 1.29 bits per heavy atom. The van der Waals surface area contributed by atoms with E-state index in [-0.39, 0.29) is 6.04 Å². The quantitative estimate of drug-likeness (QED) is 0.776. The summed E-state index contributed by atoms with van der Waals surface area (Å²) in [6, 6.07) is 8.10. The number of hydrogen-bond donors (Lipinski definition) is 1. The van der Waals surface area contributed by atoms with Crippen molar-refractivity contribution in [2.24, 2.45) is 5.73 Å². The zero-order chi connectivity index (χ0) is 12.4. The van der Waals surface area contributed by atoms with E-state index in [1.165, 1.54) is 3.57 Å². The summed E-state index contributed by atoms with van der Waals surface area (Å²) in [6.07, 6.45) is 3.66. The number of nitrogens with two attached hydrogens (primary N) is 1. The van der Waals surface area contributed by atoms with Gasteiger partial charge in [0.05, 0.1) is 6.04 Å². The van der Waals surface area contributed by atoms with E-state index >= 15 is 0 Å². The molecule has 1 atom stereocenters. The second kappa shape index (κ2) is 5.46. The fourth-order valence-electron chi connectivity index (χ4n) is 1.68. The van der Waals surface area contributed by atoms with Crippen LogP contribution in [0.4, 0.5) is 0 Å². The van der Waals surface area contributed by atoms with Crippen molar-refractivity contribution in [3.05, 3.63) is 61.4 Å². The van der Waals surface area contributed by atoms with Gasteiger partial charge >= 0.3 is 0 Å². The molecule has 2 N–H and O–H groups in total. The lowest BCUT2D eigenvalue weighted by Crippen LogP contribution is -2.13. The third-order valence-electron chi connectivity index (χ3n) is 2.55. The van der Waals surface area contributed by atoms with Crippen molar-refractivity contribution in [1.29, 1.82) is 0 Å². The smallest absolute Gasteiger partial charge is 0.0578 e. The molecule has 2 nitrogen and oxygen atoms in total. The largest absolute Gasteiger partial charge is 0.320 e. The van der Waals surface area contributed by atoms with Crippen molar-refractivity contribution < 1.29 is 0 Å². The van der Waals surface area contributed by atoms with Crippen LogP contribution < -0.4 is 5.73 Å². The molecule has 0 saturated heterocycles. The summed E-state index contributed by atoms with van der Waals surface area (Å²) < 4.78 is 2.21. The first-order valence-electron chi connectivity index (χ1n) is 5.20. The van der Waals surface area contributed by atoms with Gasteiger partial charge < -0.3 is 5.73 Å². The van der Waals surface area contributed by atoms with Crippen LogP contribution in [0.5, 0.6) is 0 Å². The van der Waals surface area contributed by atoms with E-state index in [2.05, 4.69) is 61.7 Å². The van der Waals surface area contributed by atoms with Crippen LogP contribution in [0.1, 0.15) is 22.7 Å². The molecular formula is C13H12BrIN2. The Morgan fingerprint density at radius 2 is 2.06 bits per heavy atom. The third kappa shape index (κ3) is 3.05. The summed E-state index contributed by atoms with van der Waals surface area (Å²) in [5.41, 5.74) is 9.53. The average molecular weight is 403 g/mol. The SMILES string of the molecule is Cc1cncc(C(N)c2cc(I)ccc2Br)c1. The van der Waals surface area contributed by atoms with Gasteiger partial charge in [0.15, 0.2) is 0 Å². The number of nitrogens with zero attached hydrogens (tertiary/aromatic N) is 1. The van der Waals surface area contributed by atoms with Crippen molar-refractivity contribution in [3.8, 4) is 0 Å². The molecule has 88 valence electrons. The van der Waals surface area contributed by atoms with E-state index in [4.69, 9.17) is 5.73 Å². The van der Waals surface area contributed by atoms with Crippen LogP contribution in [0.2, 0.25) is 0 Å². The topological polar surface area (TPSA) is 38.9 Å². The number of aromatic nitrogens is 1. The molecule has 1 aromatic heterocycles. The van der Waals surface area contributed by atoms with Crippen LogP contribution in [0.15, 0.2) is 41.1 Å². The van der Waals surface area contributed by atoms with Crippen molar-refractivity contribution in [3.63, 3.8) is 0 Å². The Bertz CT molecular complexity index is 543. The van der Waals surface area contributed by atoms with E-state index in [0.29, 0.717) is 0 Å². The van der Waals surface area contributed by atoms with Gasteiger partial charge in [-0.05, 0) is 64.4 Å². The number of halogens is 2. The Kier molecular flexibility index (Phi) is 4.17. The molecule has 0 radical (unpaired) electrons. The summed E-state index contributed by atoms with van der Waals surface area (Å²) in [6.45, 7) is 2.02. The summed E-state index contributed by atoms with van der Waals surface area (Å²) in [7, 11) is 0. The highest BCUT2D eigenvalue weighted by atomic mass is 127. The summed E-state index contributed by atoms with van der Waals surface area (Å²) in [5.74, 6) is 0. The molecule has 0 aliphatic rings. The highest BCUT2D eigenvalue weighted by molar-refractivity contribution is 14.1. The van der Waals surface area contributed by atoms with Gasteiger partial charge in [-0.25, -0.2) is 0 Å². The lowest BCUT2D eigenvalue weighted by molar-refractivity contribution is 0.854. The fraction of sp³-hybridized carbons (Fsp3) is 0.154. The minimum absolute atomic E-state index is 0.147. The minimum Gasteiger partial charge on any atom is -0.320 e. The second-order valence-electron chi connectivity index (χ2n) is 3.94. The first kappa shape index (κ1) is 13.0. The number of rotatable bonds is 2. The molecule has 0 aliphatic carbocycles. The van der Waals surface area contributed by atoms with Crippen molar-refractivity contribution in [2.75, 3.05) is 0 Å². The maximum atomic E-state index is 6.28. The molecule has 4 heteroatoms. The molecule has 0 fully saturated rings. The fourth-order valence-corrected chi connectivity index (χ4v) is 2.69. The van der Waals surface area contributed by atoms with Crippen LogP contribution in [0.3, 0.4) is 0 Å². The van der Waals surface area contributed by atoms with E-state index in [1.54, 1.807) is 0 Å². The Morgan fingerprint density at radius 3 is 2.76 bits per heavy atom. The molecule has 0 bridgehead atoms. The van der Waals surface area contributed by atoms with Gasteiger partial charge in [-0.15, -0.1) is 0 Å². The normalized spacial score (nSPS) is 12.5. The summed E-state index contributed by atoms with van der Waals surface area (Å²) in [5, 5.41) is 0. The third-order valence-corrected chi connectivity index (χ3v) is 3.94. The van der Waals surface area contributed by atoms with Gasteiger partial charge in [0, 0.05) is 20.4 Å². The Balaban J connectivity index is 2.43. The molecule has 0 saturated carbocycles. The van der Waals surface area contributed by atoms with Crippen LogP contribution in [-0.2, 0) is 0 Å². The van der Waals surface area contributed by atoms with Gasteiger partial charge in [0.25, 0.3) is 0 Å². The van der Waals surface area contributed by atoms with E-state index in [0.717, 1.165) is 21.2 Å². The van der Waals surface area contributed by atoms with Crippen LogP contribution >= 0.6 is 38.5 Å². The molecule has 2 aromatic rings. The number of hydrogen-bond acceptors (Lipinski definition) is 2. The zero-order valence-electron chi connectivity index (χ0n) is 9.32. The van der Waals surface area contributed by atoms with Crippen molar-refractivity contribution >= 4 is 38.5 Å². The number of aryl methyl sites for hydroxylation is 1. The van der Waals surface area contributed by atoms with E-state index in [1.807, 2.05) is 25.4 Å². The molecule has 17 heavy (non-hydrogen) atoms. The number of pyridine rings is 1. The lowest BCUT2D eigenvalue weighted by Gasteiger charge is -2.15.